The number of esters is 1. The Bertz CT molecular complexity index is 935. The Morgan fingerprint density at radius 1 is 1.00 bits per heavy atom. The average molecular weight is 408 g/mol. The van der Waals surface area contributed by atoms with Gasteiger partial charge in [0.15, 0.2) is 6.61 Å². The van der Waals surface area contributed by atoms with Gasteiger partial charge in [0.25, 0.3) is 5.91 Å². The highest BCUT2D eigenvalue weighted by atomic mass is 16.5. The van der Waals surface area contributed by atoms with Crippen LogP contribution in [0.2, 0.25) is 0 Å². The number of amides is 3. The molecular weight excluding hydrogens is 384 g/mol. The number of hydrogen-bond donors (Lipinski definition) is 1. The lowest BCUT2D eigenvalue weighted by atomic mass is 10.0. The highest BCUT2D eigenvalue weighted by molar-refractivity contribution is 6.19. The molecule has 2 aromatic carbocycles. The van der Waals surface area contributed by atoms with E-state index in [-0.39, 0.29) is 42.2 Å². The number of nitrogens with one attached hydrogen (secondary N) is 1. The number of carbonyl (C=O) groups excluding carboxylic acids is 4. The molecule has 0 aromatic heterocycles. The van der Waals surface area contributed by atoms with Crippen LogP contribution in [0.1, 0.15) is 53.7 Å². The van der Waals surface area contributed by atoms with Crippen LogP contribution in [0, 0.1) is 6.92 Å². The van der Waals surface area contributed by atoms with E-state index in [0.717, 1.165) is 16.0 Å². The van der Waals surface area contributed by atoms with Gasteiger partial charge in [-0.3, -0.25) is 19.3 Å². The van der Waals surface area contributed by atoms with Crippen LogP contribution in [0.3, 0.4) is 0 Å². The lowest BCUT2D eigenvalue weighted by molar-refractivity contribution is -0.125. The maximum Gasteiger partial charge on any atom is 0.338 e. The molecule has 2 aromatic rings. The molecule has 3 rings (SSSR count). The van der Waals surface area contributed by atoms with E-state index >= 15 is 0 Å². The summed E-state index contributed by atoms with van der Waals surface area (Å²) in [6, 6.07) is 13.7. The van der Waals surface area contributed by atoms with E-state index < -0.39 is 12.6 Å². The molecule has 7 heteroatoms. The standard InChI is InChI=1S/C23H24N2O5/c1-3-19(16-6-4-15(2)5-7-16)24-20(26)14-30-23(29)17-8-10-18(11-9-17)25-21(27)12-13-22(25)28/h4-11,19H,3,12-14H2,1-2H3,(H,24,26)/t19-/m1/s1. The molecule has 1 fully saturated rings. The Hall–Kier alpha value is -3.48. The van der Waals surface area contributed by atoms with Gasteiger partial charge in [0, 0.05) is 12.8 Å². The third-order valence-electron chi connectivity index (χ3n) is 4.97. The monoisotopic (exact) mass is 408 g/mol. The molecule has 0 bridgehead atoms. The number of imide groups is 1. The van der Waals surface area contributed by atoms with Gasteiger partial charge in [-0.2, -0.15) is 0 Å². The van der Waals surface area contributed by atoms with Gasteiger partial charge < -0.3 is 10.1 Å². The molecule has 1 atom stereocenters. The van der Waals surface area contributed by atoms with Gasteiger partial charge in [0.2, 0.25) is 11.8 Å². The van der Waals surface area contributed by atoms with Crippen LogP contribution in [0.15, 0.2) is 48.5 Å². The predicted octanol–water partition coefficient (Wildman–Crippen LogP) is 3.07. The first kappa shape index (κ1) is 21.2. The Morgan fingerprint density at radius 2 is 1.60 bits per heavy atom. The van der Waals surface area contributed by atoms with Crippen LogP contribution in [0.25, 0.3) is 0 Å². The van der Waals surface area contributed by atoms with Crippen molar-refractivity contribution < 1.29 is 23.9 Å². The number of nitrogens with zero attached hydrogens (tertiary/aromatic N) is 1. The molecule has 1 N–H and O–H groups in total. The van der Waals surface area contributed by atoms with Crippen molar-refractivity contribution in [3.8, 4) is 0 Å². The molecule has 0 saturated carbocycles. The topological polar surface area (TPSA) is 92.8 Å². The van der Waals surface area contributed by atoms with Crippen LogP contribution < -0.4 is 10.2 Å². The summed E-state index contributed by atoms with van der Waals surface area (Å²) in [5.41, 5.74) is 2.78. The summed E-state index contributed by atoms with van der Waals surface area (Å²) in [6.07, 6.45) is 1.09. The first-order valence-corrected chi connectivity index (χ1v) is 9.88. The van der Waals surface area contributed by atoms with Crippen molar-refractivity contribution >= 4 is 29.4 Å². The SMILES string of the molecule is CC[C@@H](NC(=O)COC(=O)c1ccc(N2C(=O)CCC2=O)cc1)c1ccc(C)cc1. The zero-order valence-electron chi connectivity index (χ0n) is 17.0. The fourth-order valence-corrected chi connectivity index (χ4v) is 3.28. The molecule has 7 nitrogen and oxygen atoms in total. The Balaban J connectivity index is 1.54. The van der Waals surface area contributed by atoms with Crippen molar-refractivity contribution in [2.24, 2.45) is 0 Å². The second kappa shape index (κ2) is 9.35. The molecule has 3 amide bonds. The minimum Gasteiger partial charge on any atom is -0.452 e. The molecule has 156 valence electrons. The summed E-state index contributed by atoms with van der Waals surface area (Å²) < 4.78 is 5.10. The number of ether oxygens (including phenoxy) is 1. The quantitative estimate of drug-likeness (QED) is 0.561. The van der Waals surface area contributed by atoms with Gasteiger partial charge in [-0.05, 0) is 43.2 Å². The third-order valence-corrected chi connectivity index (χ3v) is 4.97. The summed E-state index contributed by atoms with van der Waals surface area (Å²) in [5.74, 6) is -1.56. The number of carbonyl (C=O) groups is 4. The van der Waals surface area contributed by atoms with Crippen LogP contribution in [-0.4, -0.2) is 30.3 Å². The van der Waals surface area contributed by atoms with E-state index in [9.17, 15) is 19.2 Å². The maximum atomic E-state index is 12.2. The second-order valence-corrected chi connectivity index (χ2v) is 7.18. The first-order chi connectivity index (χ1) is 14.4. The fraction of sp³-hybridized carbons (Fsp3) is 0.304. The molecule has 0 radical (unpaired) electrons. The molecule has 1 heterocycles. The van der Waals surface area contributed by atoms with E-state index in [2.05, 4.69) is 5.32 Å². The van der Waals surface area contributed by atoms with E-state index in [0.29, 0.717) is 12.1 Å². The molecule has 0 aliphatic carbocycles. The molecule has 0 unspecified atom stereocenters. The summed E-state index contributed by atoms with van der Waals surface area (Å²) in [5, 5.41) is 2.87. The van der Waals surface area contributed by atoms with E-state index in [1.165, 1.54) is 24.3 Å². The number of hydrogen-bond acceptors (Lipinski definition) is 5. The van der Waals surface area contributed by atoms with Crippen molar-refractivity contribution in [3.05, 3.63) is 65.2 Å². The van der Waals surface area contributed by atoms with E-state index in [1.807, 2.05) is 38.1 Å². The number of benzene rings is 2. The van der Waals surface area contributed by atoms with Crippen molar-refractivity contribution in [2.45, 2.75) is 39.2 Å². The summed E-state index contributed by atoms with van der Waals surface area (Å²) in [6.45, 7) is 3.57. The molecule has 1 aliphatic rings. The Labute approximate surface area is 175 Å². The van der Waals surface area contributed by atoms with Crippen molar-refractivity contribution in [1.82, 2.24) is 5.32 Å². The van der Waals surface area contributed by atoms with E-state index in [1.54, 1.807) is 0 Å². The van der Waals surface area contributed by atoms with Crippen molar-refractivity contribution in [3.63, 3.8) is 0 Å². The predicted molar refractivity (Wildman–Crippen MR) is 111 cm³/mol. The lowest BCUT2D eigenvalue weighted by Crippen LogP contribution is -2.32. The van der Waals surface area contributed by atoms with Gasteiger partial charge in [-0.25, -0.2) is 4.79 Å². The summed E-state index contributed by atoms with van der Waals surface area (Å²) in [4.78, 5) is 49.1. The van der Waals surface area contributed by atoms with Crippen molar-refractivity contribution in [2.75, 3.05) is 11.5 Å². The number of aryl methyl sites for hydroxylation is 1. The molecule has 0 spiro atoms. The van der Waals surface area contributed by atoms with Crippen LogP contribution in [0.5, 0.6) is 0 Å². The third kappa shape index (κ3) is 4.92. The smallest absolute Gasteiger partial charge is 0.338 e. The van der Waals surface area contributed by atoms with Gasteiger partial charge in [0.1, 0.15) is 0 Å². The Morgan fingerprint density at radius 3 is 2.17 bits per heavy atom. The zero-order valence-corrected chi connectivity index (χ0v) is 17.0. The normalized spacial score (nSPS) is 14.5. The summed E-state index contributed by atoms with van der Waals surface area (Å²) >= 11 is 0. The minimum atomic E-state index is -0.654. The van der Waals surface area contributed by atoms with Gasteiger partial charge in [-0.15, -0.1) is 0 Å². The van der Waals surface area contributed by atoms with E-state index in [4.69, 9.17) is 4.74 Å². The maximum absolute atomic E-state index is 12.2. The van der Waals surface area contributed by atoms with Gasteiger partial charge >= 0.3 is 5.97 Å². The highest BCUT2D eigenvalue weighted by Gasteiger charge is 2.30. The molecular formula is C23H24N2O5. The molecule has 1 aliphatic heterocycles. The minimum absolute atomic E-state index is 0.161. The fourth-order valence-electron chi connectivity index (χ4n) is 3.28. The lowest BCUT2D eigenvalue weighted by Gasteiger charge is -2.18. The summed E-state index contributed by atoms with van der Waals surface area (Å²) in [7, 11) is 0. The Kier molecular flexibility index (Phi) is 6.61. The average Bonchev–Trinajstić information content (AvgIpc) is 3.09. The first-order valence-electron chi connectivity index (χ1n) is 9.88. The molecule has 1 saturated heterocycles. The largest absolute Gasteiger partial charge is 0.452 e. The zero-order chi connectivity index (χ0) is 21.7. The highest BCUT2D eigenvalue weighted by Crippen LogP contribution is 2.23. The van der Waals surface area contributed by atoms with Crippen molar-refractivity contribution in [1.29, 1.82) is 0 Å². The van der Waals surface area contributed by atoms with Crippen LogP contribution in [-0.2, 0) is 19.1 Å². The van der Waals surface area contributed by atoms with Crippen LogP contribution in [0.4, 0.5) is 5.69 Å². The number of anilines is 1. The van der Waals surface area contributed by atoms with Gasteiger partial charge in [0.05, 0.1) is 17.3 Å². The van der Waals surface area contributed by atoms with Crippen LogP contribution >= 0.6 is 0 Å². The van der Waals surface area contributed by atoms with Gasteiger partial charge in [-0.1, -0.05) is 36.8 Å². The molecule has 30 heavy (non-hydrogen) atoms. The number of rotatable bonds is 7. The second-order valence-electron chi connectivity index (χ2n) is 7.18.